The number of hydrogen-bond donors (Lipinski definition) is 1. The van der Waals surface area contributed by atoms with Crippen molar-refractivity contribution in [2.45, 2.75) is 6.61 Å². The van der Waals surface area contributed by atoms with Gasteiger partial charge in [0, 0.05) is 22.3 Å². The van der Waals surface area contributed by atoms with Crippen molar-refractivity contribution in [3.63, 3.8) is 0 Å². The first-order valence-corrected chi connectivity index (χ1v) is 8.40. The van der Waals surface area contributed by atoms with Crippen LogP contribution in [0.3, 0.4) is 0 Å². The fraction of sp³-hybridized carbons (Fsp3) is 0.0526. The number of carbonyl (C=O) groups is 1. The lowest BCUT2D eigenvalue weighted by Crippen LogP contribution is -2.14. The van der Waals surface area contributed by atoms with Crippen molar-refractivity contribution in [3.05, 3.63) is 88.2 Å². The van der Waals surface area contributed by atoms with Gasteiger partial charge in [-0.2, -0.15) is 0 Å². The molecule has 1 heterocycles. The Labute approximate surface area is 157 Å². The van der Waals surface area contributed by atoms with Crippen LogP contribution in [0.25, 0.3) is 0 Å². The van der Waals surface area contributed by atoms with E-state index in [1.165, 1.54) is 12.3 Å². The maximum atomic E-state index is 13.8. The standard InChI is InChI=1S/C19H13BrF2N2O2/c20-13-4-6-18(26-11-12-3-5-14(21)9-17(12)22)16(8-13)19(25)24-15-2-1-7-23-10-15/h1-10H,11H2,(H,24,25). The van der Waals surface area contributed by atoms with Crippen molar-refractivity contribution >= 4 is 27.5 Å². The van der Waals surface area contributed by atoms with Crippen LogP contribution in [0.1, 0.15) is 15.9 Å². The van der Waals surface area contributed by atoms with E-state index in [-0.39, 0.29) is 23.5 Å². The number of hydrogen-bond acceptors (Lipinski definition) is 3. The van der Waals surface area contributed by atoms with Crippen molar-refractivity contribution in [1.29, 1.82) is 0 Å². The van der Waals surface area contributed by atoms with Crippen molar-refractivity contribution in [2.75, 3.05) is 5.32 Å². The highest BCUT2D eigenvalue weighted by molar-refractivity contribution is 9.10. The molecule has 0 aliphatic heterocycles. The molecule has 0 radical (unpaired) electrons. The average Bonchev–Trinajstić information content (AvgIpc) is 2.62. The van der Waals surface area contributed by atoms with Gasteiger partial charge in [0.05, 0.1) is 17.4 Å². The molecule has 4 nitrogen and oxygen atoms in total. The van der Waals surface area contributed by atoms with E-state index in [0.29, 0.717) is 10.2 Å². The zero-order valence-electron chi connectivity index (χ0n) is 13.4. The molecule has 2 aromatic carbocycles. The van der Waals surface area contributed by atoms with Gasteiger partial charge >= 0.3 is 0 Å². The third-order valence-electron chi connectivity index (χ3n) is 3.50. The van der Waals surface area contributed by atoms with Gasteiger partial charge in [0.15, 0.2) is 0 Å². The number of aromatic nitrogens is 1. The molecule has 0 aliphatic rings. The largest absolute Gasteiger partial charge is 0.488 e. The molecule has 0 unspecified atom stereocenters. The molecule has 1 amide bonds. The van der Waals surface area contributed by atoms with Crippen molar-refractivity contribution < 1.29 is 18.3 Å². The second kappa shape index (κ2) is 8.05. The summed E-state index contributed by atoms with van der Waals surface area (Å²) in [5.74, 6) is -1.48. The number of carbonyl (C=O) groups excluding carboxylic acids is 1. The lowest BCUT2D eigenvalue weighted by Gasteiger charge is -2.13. The Balaban J connectivity index is 1.80. The number of pyridine rings is 1. The maximum Gasteiger partial charge on any atom is 0.259 e. The lowest BCUT2D eigenvalue weighted by molar-refractivity contribution is 0.102. The zero-order valence-corrected chi connectivity index (χ0v) is 15.0. The van der Waals surface area contributed by atoms with Gasteiger partial charge in [0.1, 0.15) is 24.0 Å². The molecule has 1 aromatic heterocycles. The number of ether oxygens (including phenoxy) is 1. The van der Waals surface area contributed by atoms with E-state index in [2.05, 4.69) is 26.2 Å². The monoisotopic (exact) mass is 418 g/mol. The van der Waals surface area contributed by atoms with E-state index in [4.69, 9.17) is 4.74 Å². The number of nitrogens with zero attached hydrogens (tertiary/aromatic N) is 1. The van der Waals surface area contributed by atoms with Crippen LogP contribution in [-0.2, 0) is 6.61 Å². The smallest absolute Gasteiger partial charge is 0.259 e. The SMILES string of the molecule is O=C(Nc1cccnc1)c1cc(Br)ccc1OCc1ccc(F)cc1F. The predicted molar refractivity (Wildman–Crippen MR) is 97.0 cm³/mol. The van der Waals surface area contributed by atoms with Gasteiger partial charge in [0.25, 0.3) is 5.91 Å². The van der Waals surface area contributed by atoms with Crippen LogP contribution < -0.4 is 10.1 Å². The predicted octanol–water partition coefficient (Wildman–Crippen LogP) is 4.95. The summed E-state index contributed by atoms with van der Waals surface area (Å²) in [6, 6.07) is 11.6. The van der Waals surface area contributed by atoms with E-state index in [9.17, 15) is 13.6 Å². The molecule has 0 saturated heterocycles. The van der Waals surface area contributed by atoms with E-state index in [1.807, 2.05) is 0 Å². The summed E-state index contributed by atoms with van der Waals surface area (Å²) in [7, 11) is 0. The van der Waals surface area contributed by atoms with Gasteiger partial charge in [-0.05, 0) is 42.5 Å². The summed E-state index contributed by atoms with van der Waals surface area (Å²) < 4.78 is 33.0. The van der Waals surface area contributed by atoms with E-state index in [1.54, 1.807) is 36.5 Å². The minimum Gasteiger partial charge on any atom is -0.488 e. The number of rotatable bonds is 5. The van der Waals surface area contributed by atoms with Gasteiger partial charge in [-0.1, -0.05) is 15.9 Å². The second-order valence-corrected chi connectivity index (χ2v) is 6.28. The molecule has 26 heavy (non-hydrogen) atoms. The zero-order chi connectivity index (χ0) is 18.5. The van der Waals surface area contributed by atoms with Crippen LogP contribution in [0.2, 0.25) is 0 Å². The highest BCUT2D eigenvalue weighted by Gasteiger charge is 2.15. The number of amides is 1. The second-order valence-electron chi connectivity index (χ2n) is 5.36. The highest BCUT2D eigenvalue weighted by Crippen LogP contribution is 2.25. The van der Waals surface area contributed by atoms with Crippen LogP contribution in [0.5, 0.6) is 5.75 Å². The summed E-state index contributed by atoms with van der Waals surface area (Å²) in [6.07, 6.45) is 3.12. The average molecular weight is 419 g/mol. The molecule has 1 N–H and O–H groups in total. The Morgan fingerprint density at radius 1 is 1.15 bits per heavy atom. The molecule has 0 saturated carbocycles. The van der Waals surface area contributed by atoms with Crippen LogP contribution in [0.4, 0.5) is 14.5 Å². The maximum absolute atomic E-state index is 13.8. The van der Waals surface area contributed by atoms with E-state index in [0.717, 1.165) is 12.1 Å². The molecule has 0 atom stereocenters. The number of anilines is 1. The molecule has 7 heteroatoms. The molecule has 0 bridgehead atoms. The van der Waals surface area contributed by atoms with E-state index >= 15 is 0 Å². The van der Waals surface area contributed by atoms with Crippen LogP contribution in [0.15, 0.2) is 65.4 Å². The van der Waals surface area contributed by atoms with Crippen molar-refractivity contribution in [3.8, 4) is 5.75 Å². The fourth-order valence-electron chi connectivity index (χ4n) is 2.23. The van der Waals surface area contributed by atoms with Crippen LogP contribution in [0, 0.1) is 11.6 Å². The van der Waals surface area contributed by atoms with Crippen molar-refractivity contribution in [1.82, 2.24) is 4.98 Å². The minimum absolute atomic E-state index is 0.138. The topological polar surface area (TPSA) is 51.2 Å². The first kappa shape index (κ1) is 18.0. The third kappa shape index (κ3) is 4.43. The van der Waals surface area contributed by atoms with Crippen LogP contribution >= 0.6 is 15.9 Å². The quantitative estimate of drug-likeness (QED) is 0.637. The summed E-state index contributed by atoms with van der Waals surface area (Å²) in [5.41, 5.74) is 0.992. The van der Waals surface area contributed by atoms with Gasteiger partial charge in [0.2, 0.25) is 0 Å². The van der Waals surface area contributed by atoms with Crippen molar-refractivity contribution in [2.24, 2.45) is 0 Å². The normalized spacial score (nSPS) is 10.4. The molecule has 3 aromatic rings. The van der Waals surface area contributed by atoms with Gasteiger partial charge < -0.3 is 10.1 Å². The molecule has 0 aliphatic carbocycles. The van der Waals surface area contributed by atoms with Gasteiger partial charge in [-0.25, -0.2) is 8.78 Å². The molecule has 0 fully saturated rings. The van der Waals surface area contributed by atoms with Gasteiger partial charge in [-0.3, -0.25) is 9.78 Å². The Morgan fingerprint density at radius 3 is 2.73 bits per heavy atom. The summed E-state index contributed by atoms with van der Waals surface area (Å²) in [6.45, 7) is -0.138. The third-order valence-corrected chi connectivity index (χ3v) is 4.00. The lowest BCUT2D eigenvalue weighted by atomic mass is 10.1. The van der Waals surface area contributed by atoms with E-state index < -0.39 is 17.5 Å². The van der Waals surface area contributed by atoms with Crippen LogP contribution in [-0.4, -0.2) is 10.9 Å². The minimum atomic E-state index is -0.705. The number of nitrogens with one attached hydrogen (secondary N) is 1. The van der Waals surface area contributed by atoms with Gasteiger partial charge in [-0.15, -0.1) is 0 Å². The molecule has 132 valence electrons. The Bertz CT molecular complexity index is 936. The molecule has 3 rings (SSSR count). The molecular formula is C19H13BrF2N2O2. The Morgan fingerprint density at radius 2 is 2.00 bits per heavy atom. The molecule has 0 spiro atoms. The highest BCUT2D eigenvalue weighted by atomic mass is 79.9. The Kier molecular flexibility index (Phi) is 5.58. The summed E-state index contributed by atoms with van der Waals surface area (Å²) in [5, 5.41) is 2.72. The fourth-order valence-corrected chi connectivity index (χ4v) is 2.60. The first-order valence-electron chi connectivity index (χ1n) is 7.60. The summed E-state index contributed by atoms with van der Waals surface area (Å²) >= 11 is 3.32. The first-order chi connectivity index (χ1) is 12.5. The number of halogens is 3. The summed E-state index contributed by atoms with van der Waals surface area (Å²) in [4.78, 5) is 16.5. The molecular weight excluding hydrogens is 406 g/mol. The number of benzene rings is 2. The Hall–Kier alpha value is -2.80.